The molecular weight excluding hydrogens is 358 g/mol. The maximum absolute atomic E-state index is 10.6. The molecule has 0 aliphatic carbocycles. The number of esters is 1. The van der Waals surface area contributed by atoms with Crippen LogP contribution in [0.5, 0.6) is 0 Å². The molecule has 24 heavy (non-hydrogen) atoms. The fourth-order valence-electron chi connectivity index (χ4n) is 1.82. The summed E-state index contributed by atoms with van der Waals surface area (Å²) in [5, 5.41) is 8.42. The SMILES string of the molecule is CCCCCCCCCCCCOC(=O)CO.O=S(=O)([O-])[O-].[Na+].[Na+]. The monoisotopic (exact) mass is 386 g/mol. The van der Waals surface area contributed by atoms with Crippen LogP contribution >= 0.6 is 0 Å². The van der Waals surface area contributed by atoms with E-state index in [9.17, 15) is 4.79 Å². The third-order valence-corrected chi connectivity index (χ3v) is 2.89. The first-order valence-electron chi connectivity index (χ1n) is 7.74. The van der Waals surface area contributed by atoms with E-state index in [1.54, 1.807) is 0 Å². The third-order valence-electron chi connectivity index (χ3n) is 2.89. The predicted octanol–water partition coefficient (Wildman–Crippen LogP) is -3.89. The number of hydrogen-bond acceptors (Lipinski definition) is 7. The molecular formula is C14H28Na2O7S. The number of unbranched alkanes of at least 4 members (excludes halogenated alkanes) is 9. The van der Waals surface area contributed by atoms with Gasteiger partial charge in [-0.15, -0.1) is 0 Å². The zero-order valence-corrected chi connectivity index (χ0v) is 20.1. The minimum Gasteiger partial charge on any atom is -0.759 e. The van der Waals surface area contributed by atoms with Crippen LogP contribution in [0.15, 0.2) is 0 Å². The van der Waals surface area contributed by atoms with Crippen molar-refractivity contribution in [3.63, 3.8) is 0 Å². The van der Waals surface area contributed by atoms with Crippen molar-refractivity contribution in [3.05, 3.63) is 0 Å². The van der Waals surface area contributed by atoms with Gasteiger partial charge in [0.15, 0.2) is 0 Å². The molecule has 0 saturated carbocycles. The van der Waals surface area contributed by atoms with E-state index in [1.807, 2.05) is 0 Å². The number of aliphatic hydroxyl groups is 1. The van der Waals surface area contributed by atoms with Crippen molar-refractivity contribution >= 4 is 16.4 Å². The Morgan fingerprint density at radius 3 is 1.54 bits per heavy atom. The molecule has 10 heteroatoms. The Labute approximate surface area is 190 Å². The molecule has 0 aromatic carbocycles. The van der Waals surface area contributed by atoms with Gasteiger partial charge in [0.05, 0.1) is 6.61 Å². The summed E-state index contributed by atoms with van der Waals surface area (Å²) in [4.78, 5) is 10.6. The zero-order chi connectivity index (χ0) is 17.3. The van der Waals surface area contributed by atoms with Gasteiger partial charge in [-0.25, -0.2) is 4.79 Å². The summed E-state index contributed by atoms with van der Waals surface area (Å²) in [6, 6.07) is 0. The molecule has 0 amide bonds. The molecule has 1 N–H and O–H groups in total. The van der Waals surface area contributed by atoms with E-state index in [4.69, 9.17) is 27.4 Å². The van der Waals surface area contributed by atoms with Gasteiger partial charge < -0.3 is 18.9 Å². The first kappa shape index (κ1) is 32.9. The standard InChI is InChI=1S/C14H28O3.2Na.H2O4S/c1-2-3-4-5-6-7-8-9-10-11-12-17-14(16)13-15;;;1-5(2,3)4/h15H,2-13H2,1H3;;;(H2,1,2,3,4)/q;2*+1;/p-2. The molecule has 0 bridgehead atoms. The molecule has 134 valence electrons. The van der Waals surface area contributed by atoms with E-state index in [-0.39, 0.29) is 59.1 Å². The van der Waals surface area contributed by atoms with Gasteiger partial charge >= 0.3 is 65.1 Å². The second kappa shape index (κ2) is 24.3. The first-order chi connectivity index (χ1) is 10.3. The van der Waals surface area contributed by atoms with Crippen molar-refractivity contribution in [1.29, 1.82) is 0 Å². The van der Waals surface area contributed by atoms with Crippen LogP contribution in [-0.4, -0.2) is 41.8 Å². The minimum absolute atomic E-state index is 0. The smallest absolute Gasteiger partial charge is 0.759 e. The molecule has 0 fully saturated rings. The summed E-state index contributed by atoms with van der Waals surface area (Å²) < 4.78 is 38.9. The minimum atomic E-state index is -5.17. The summed E-state index contributed by atoms with van der Waals surface area (Å²) in [5.74, 6) is -0.513. The van der Waals surface area contributed by atoms with Crippen LogP contribution < -0.4 is 59.1 Å². The molecule has 0 saturated heterocycles. The molecule has 0 heterocycles. The maximum atomic E-state index is 10.6. The summed E-state index contributed by atoms with van der Waals surface area (Å²) >= 11 is 0. The average molecular weight is 386 g/mol. The van der Waals surface area contributed by atoms with Gasteiger partial charge in [0.1, 0.15) is 6.61 Å². The van der Waals surface area contributed by atoms with E-state index in [2.05, 4.69) is 6.92 Å². The zero-order valence-electron chi connectivity index (χ0n) is 15.3. The first-order valence-corrected chi connectivity index (χ1v) is 9.07. The molecule has 7 nitrogen and oxygen atoms in total. The Kier molecular flexibility index (Phi) is 33.3. The van der Waals surface area contributed by atoms with Crippen LogP contribution in [0, 0.1) is 0 Å². The van der Waals surface area contributed by atoms with Crippen molar-refractivity contribution in [2.45, 2.75) is 71.1 Å². The van der Waals surface area contributed by atoms with Crippen molar-refractivity contribution in [2.24, 2.45) is 0 Å². The van der Waals surface area contributed by atoms with Crippen molar-refractivity contribution in [1.82, 2.24) is 0 Å². The number of hydrogen-bond donors (Lipinski definition) is 1. The normalized spacial score (nSPS) is 9.83. The fourth-order valence-corrected chi connectivity index (χ4v) is 1.82. The molecule has 0 aliphatic heterocycles. The second-order valence-corrected chi connectivity index (χ2v) is 5.79. The Morgan fingerprint density at radius 2 is 1.21 bits per heavy atom. The van der Waals surface area contributed by atoms with Crippen molar-refractivity contribution in [3.8, 4) is 0 Å². The van der Waals surface area contributed by atoms with Crippen LogP contribution in [0.25, 0.3) is 0 Å². The summed E-state index contributed by atoms with van der Waals surface area (Å²) in [7, 11) is -5.17. The summed E-state index contributed by atoms with van der Waals surface area (Å²) in [6.45, 7) is 2.19. The third kappa shape index (κ3) is 43.6. The maximum Gasteiger partial charge on any atom is 1.00 e. The van der Waals surface area contributed by atoms with Crippen LogP contribution in [0.3, 0.4) is 0 Å². The van der Waals surface area contributed by atoms with Crippen LogP contribution in [-0.2, 0) is 19.9 Å². The van der Waals surface area contributed by atoms with Gasteiger partial charge in [0, 0.05) is 10.4 Å². The summed E-state index contributed by atoms with van der Waals surface area (Å²) in [5.41, 5.74) is 0. The van der Waals surface area contributed by atoms with Gasteiger partial charge in [0.2, 0.25) is 0 Å². The van der Waals surface area contributed by atoms with E-state index in [1.165, 1.54) is 51.4 Å². The second-order valence-electron chi connectivity index (χ2n) is 4.97. The Bertz CT molecular complexity index is 343. The fraction of sp³-hybridized carbons (Fsp3) is 0.929. The number of aliphatic hydroxyl groups excluding tert-OH is 1. The van der Waals surface area contributed by atoms with Crippen molar-refractivity contribution in [2.75, 3.05) is 13.2 Å². The Balaban J connectivity index is -0.000000250. The molecule has 0 aromatic heterocycles. The number of ether oxygens (including phenoxy) is 1. The van der Waals surface area contributed by atoms with E-state index < -0.39 is 23.0 Å². The van der Waals surface area contributed by atoms with E-state index in [0.717, 1.165) is 12.8 Å². The number of carbonyl (C=O) groups is 1. The van der Waals surface area contributed by atoms with E-state index in [0.29, 0.717) is 6.61 Å². The molecule has 0 spiro atoms. The number of carbonyl (C=O) groups excluding carboxylic acids is 1. The molecule has 0 aliphatic rings. The van der Waals surface area contributed by atoms with Crippen molar-refractivity contribution < 1.29 is 91.3 Å². The van der Waals surface area contributed by atoms with Gasteiger partial charge in [-0.3, -0.25) is 8.42 Å². The number of rotatable bonds is 12. The molecule has 0 atom stereocenters. The molecule has 0 unspecified atom stereocenters. The van der Waals surface area contributed by atoms with Crippen LogP contribution in [0.2, 0.25) is 0 Å². The average Bonchev–Trinajstić information content (AvgIpc) is 2.42. The molecule has 0 rings (SSSR count). The molecule has 0 aromatic rings. The quantitative estimate of drug-likeness (QED) is 0.119. The topological polar surface area (TPSA) is 127 Å². The van der Waals surface area contributed by atoms with Crippen LogP contribution in [0.4, 0.5) is 0 Å². The van der Waals surface area contributed by atoms with Gasteiger partial charge in [-0.2, -0.15) is 0 Å². The van der Waals surface area contributed by atoms with Gasteiger partial charge in [-0.05, 0) is 6.42 Å². The molecule has 0 radical (unpaired) electrons. The Hall–Kier alpha value is 1.30. The predicted molar refractivity (Wildman–Crippen MR) is 80.4 cm³/mol. The van der Waals surface area contributed by atoms with E-state index >= 15 is 0 Å². The van der Waals surface area contributed by atoms with Gasteiger partial charge in [-0.1, -0.05) is 64.7 Å². The van der Waals surface area contributed by atoms with Gasteiger partial charge in [0.25, 0.3) is 0 Å². The van der Waals surface area contributed by atoms with Crippen LogP contribution in [0.1, 0.15) is 71.1 Å². The largest absolute Gasteiger partial charge is 1.00 e. The summed E-state index contributed by atoms with van der Waals surface area (Å²) in [6.07, 6.45) is 12.7. The Morgan fingerprint density at radius 1 is 0.875 bits per heavy atom.